The summed E-state index contributed by atoms with van der Waals surface area (Å²) < 4.78 is 13.2. The lowest BCUT2D eigenvalue weighted by atomic mass is 9.60. The van der Waals surface area contributed by atoms with E-state index in [0.29, 0.717) is 6.42 Å². The van der Waals surface area contributed by atoms with E-state index in [0.717, 1.165) is 24.8 Å². The summed E-state index contributed by atoms with van der Waals surface area (Å²) in [4.78, 5) is 0. The Hall–Kier alpha value is -1.38. The first-order valence-corrected chi connectivity index (χ1v) is 7.67. The molecule has 110 valence electrons. The standard InChI is InChI=1S/C18H18ClFO/c19-15-11-13(7-8-16(15)20)12-17(21)18(9-4-10-18)14-5-2-1-3-6-14/h1-3,5-8,11,17,21H,4,9-10,12H2. The molecule has 1 N–H and O–H groups in total. The zero-order chi connectivity index (χ0) is 14.9. The number of aliphatic hydroxyl groups excluding tert-OH is 1. The first kappa shape index (κ1) is 14.6. The van der Waals surface area contributed by atoms with Gasteiger partial charge < -0.3 is 5.11 Å². The number of hydrogen-bond donors (Lipinski definition) is 1. The molecule has 0 radical (unpaired) electrons. The number of aliphatic hydroxyl groups is 1. The van der Waals surface area contributed by atoms with E-state index in [1.807, 2.05) is 18.2 Å². The van der Waals surface area contributed by atoms with Crippen LogP contribution in [0.25, 0.3) is 0 Å². The molecule has 0 saturated heterocycles. The minimum absolute atomic E-state index is 0.113. The zero-order valence-electron chi connectivity index (χ0n) is 11.7. The van der Waals surface area contributed by atoms with Crippen molar-refractivity contribution in [3.63, 3.8) is 0 Å². The van der Waals surface area contributed by atoms with Gasteiger partial charge in [-0.25, -0.2) is 4.39 Å². The summed E-state index contributed by atoms with van der Waals surface area (Å²) in [6.07, 6.45) is 3.14. The summed E-state index contributed by atoms with van der Waals surface area (Å²) in [5.74, 6) is -0.420. The van der Waals surface area contributed by atoms with Crippen molar-refractivity contribution in [3.8, 4) is 0 Å². The van der Waals surface area contributed by atoms with Crippen molar-refractivity contribution in [1.82, 2.24) is 0 Å². The Balaban J connectivity index is 1.83. The van der Waals surface area contributed by atoms with Crippen LogP contribution in [0.1, 0.15) is 30.4 Å². The van der Waals surface area contributed by atoms with Gasteiger partial charge in [-0.15, -0.1) is 0 Å². The molecule has 1 saturated carbocycles. The molecule has 21 heavy (non-hydrogen) atoms. The van der Waals surface area contributed by atoms with Crippen molar-refractivity contribution in [2.24, 2.45) is 0 Å². The second-order valence-electron chi connectivity index (χ2n) is 5.84. The van der Waals surface area contributed by atoms with Crippen LogP contribution in [-0.4, -0.2) is 11.2 Å². The van der Waals surface area contributed by atoms with Crippen molar-refractivity contribution >= 4 is 11.6 Å². The molecule has 1 aliphatic rings. The third-order valence-electron chi connectivity index (χ3n) is 4.65. The molecule has 0 aliphatic heterocycles. The van der Waals surface area contributed by atoms with Crippen molar-refractivity contribution in [3.05, 3.63) is 70.5 Å². The van der Waals surface area contributed by atoms with Crippen LogP contribution in [-0.2, 0) is 11.8 Å². The van der Waals surface area contributed by atoms with Crippen LogP contribution < -0.4 is 0 Å². The van der Waals surface area contributed by atoms with E-state index < -0.39 is 11.9 Å². The lowest BCUT2D eigenvalue weighted by Crippen LogP contribution is -2.46. The third-order valence-corrected chi connectivity index (χ3v) is 4.94. The molecule has 1 nitrogen and oxygen atoms in total. The maximum Gasteiger partial charge on any atom is 0.141 e. The Bertz CT molecular complexity index is 622. The third kappa shape index (κ3) is 2.70. The van der Waals surface area contributed by atoms with Gasteiger partial charge in [0.2, 0.25) is 0 Å². The molecule has 1 unspecified atom stereocenters. The Morgan fingerprint density at radius 2 is 1.86 bits per heavy atom. The molecular weight excluding hydrogens is 287 g/mol. The summed E-state index contributed by atoms with van der Waals surface area (Å²) >= 11 is 5.82. The zero-order valence-corrected chi connectivity index (χ0v) is 12.5. The minimum Gasteiger partial charge on any atom is -0.392 e. The van der Waals surface area contributed by atoms with Gasteiger partial charge in [0.25, 0.3) is 0 Å². The number of benzene rings is 2. The van der Waals surface area contributed by atoms with Crippen LogP contribution in [0, 0.1) is 5.82 Å². The fourth-order valence-electron chi connectivity index (χ4n) is 3.23. The van der Waals surface area contributed by atoms with Gasteiger partial charge in [0.1, 0.15) is 5.82 Å². The normalized spacial score (nSPS) is 18.0. The SMILES string of the molecule is OC(Cc1ccc(F)c(Cl)c1)C1(c2ccccc2)CCC1. The van der Waals surface area contributed by atoms with Gasteiger partial charge in [0.05, 0.1) is 11.1 Å². The molecule has 2 aromatic carbocycles. The van der Waals surface area contributed by atoms with Crippen LogP contribution >= 0.6 is 11.6 Å². The molecule has 0 bridgehead atoms. The highest BCUT2D eigenvalue weighted by atomic mass is 35.5. The van der Waals surface area contributed by atoms with Crippen LogP contribution in [0.5, 0.6) is 0 Å². The van der Waals surface area contributed by atoms with Crippen LogP contribution in [0.2, 0.25) is 5.02 Å². The van der Waals surface area contributed by atoms with Gasteiger partial charge in [0, 0.05) is 5.41 Å². The molecule has 0 spiro atoms. The van der Waals surface area contributed by atoms with Crippen molar-refractivity contribution < 1.29 is 9.50 Å². The topological polar surface area (TPSA) is 20.2 Å². The highest BCUT2D eigenvalue weighted by Gasteiger charge is 2.44. The summed E-state index contributed by atoms with van der Waals surface area (Å²) in [6.45, 7) is 0. The fraction of sp³-hybridized carbons (Fsp3) is 0.333. The van der Waals surface area contributed by atoms with Gasteiger partial charge in [0.15, 0.2) is 0 Å². The number of rotatable bonds is 4. The molecule has 0 heterocycles. The number of hydrogen-bond acceptors (Lipinski definition) is 1. The largest absolute Gasteiger partial charge is 0.392 e. The Morgan fingerprint density at radius 3 is 2.43 bits per heavy atom. The highest BCUT2D eigenvalue weighted by molar-refractivity contribution is 6.30. The predicted octanol–water partition coefficient (Wildman–Crippen LogP) is 4.50. The molecule has 3 rings (SSSR count). The average molecular weight is 305 g/mol. The second kappa shape index (κ2) is 5.78. The Kier molecular flexibility index (Phi) is 4.01. The van der Waals surface area contributed by atoms with Crippen LogP contribution in [0.15, 0.2) is 48.5 Å². The first-order valence-electron chi connectivity index (χ1n) is 7.29. The molecule has 2 aromatic rings. The first-order chi connectivity index (χ1) is 10.1. The Morgan fingerprint density at radius 1 is 1.14 bits per heavy atom. The quantitative estimate of drug-likeness (QED) is 0.881. The summed E-state index contributed by atoms with van der Waals surface area (Å²) in [7, 11) is 0. The lowest BCUT2D eigenvalue weighted by molar-refractivity contribution is 0.0286. The maximum atomic E-state index is 13.2. The van der Waals surface area contributed by atoms with E-state index in [9.17, 15) is 9.50 Å². The van der Waals surface area contributed by atoms with E-state index in [1.165, 1.54) is 11.6 Å². The lowest BCUT2D eigenvalue weighted by Gasteiger charge is -2.46. The van der Waals surface area contributed by atoms with Gasteiger partial charge in [-0.3, -0.25) is 0 Å². The molecular formula is C18H18ClFO. The average Bonchev–Trinajstić information content (AvgIpc) is 2.43. The summed E-state index contributed by atoms with van der Waals surface area (Å²) in [5, 5.41) is 10.9. The van der Waals surface area contributed by atoms with Gasteiger partial charge in [-0.1, -0.05) is 54.4 Å². The van der Waals surface area contributed by atoms with E-state index >= 15 is 0 Å². The molecule has 0 aromatic heterocycles. The Labute approximate surface area is 129 Å². The second-order valence-corrected chi connectivity index (χ2v) is 6.25. The molecule has 1 aliphatic carbocycles. The summed E-state index contributed by atoms with van der Waals surface area (Å²) in [5.41, 5.74) is 1.90. The fourth-order valence-corrected chi connectivity index (χ4v) is 3.43. The van der Waals surface area contributed by atoms with Crippen molar-refractivity contribution in [1.29, 1.82) is 0 Å². The molecule has 0 amide bonds. The summed E-state index contributed by atoms with van der Waals surface area (Å²) in [6, 6.07) is 14.8. The molecule has 1 atom stereocenters. The van der Waals surface area contributed by atoms with E-state index in [-0.39, 0.29) is 10.4 Å². The van der Waals surface area contributed by atoms with Crippen molar-refractivity contribution in [2.75, 3.05) is 0 Å². The molecule has 1 fully saturated rings. The maximum absolute atomic E-state index is 13.2. The highest BCUT2D eigenvalue weighted by Crippen LogP contribution is 2.47. The van der Waals surface area contributed by atoms with E-state index in [4.69, 9.17) is 11.6 Å². The van der Waals surface area contributed by atoms with Gasteiger partial charge in [-0.05, 0) is 42.5 Å². The monoisotopic (exact) mass is 304 g/mol. The van der Waals surface area contributed by atoms with Gasteiger partial charge >= 0.3 is 0 Å². The smallest absolute Gasteiger partial charge is 0.141 e. The predicted molar refractivity (Wildman–Crippen MR) is 83.1 cm³/mol. The van der Waals surface area contributed by atoms with Crippen molar-refractivity contribution in [2.45, 2.75) is 37.2 Å². The van der Waals surface area contributed by atoms with E-state index in [1.54, 1.807) is 12.1 Å². The van der Waals surface area contributed by atoms with Gasteiger partial charge in [-0.2, -0.15) is 0 Å². The molecule has 3 heteroatoms. The van der Waals surface area contributed by atoms with Crippen LogP contribution in [0.3, 0.4) is 0 Å². The van der Waals surface area contributed by atoms with Crippen LogP contribution in [0.4, 0.5) is 4.39 Å². The number of halogens is 2. The minimum atomic E-state index is -0.477. The van der Waals surface area contributed by atoms with E-state index in [2.05, 4.69) is 12.1 Å².